The zero-order valence-corrected chi connectivity index (χ0v) is 12.3. The summed E-state index contributed by atoms with van der Waals surface area (Å²) < 4.78 is 11.3. The van der Waals surface area contributed by atoms with Crippen molar-refractivity contribution in [2.75, 3.05) is 6.61 Å². The summed E-state index contributed by atoms with van der Waals surface area (Å²) in [4.78, 5) is 0. The topological polar surface area (TPSA) is 48.2 Å². The van der Waals surface area contributed by atoms with Gasteiger partial charge in [0.05, 0.1) is 0 Å². The molecule has 0 bridgehead atoms. The summed E-state index contributed by atoms with van der Waals surface area (Å²) in [6.45, 7) is 6.12. The number of ether oxygens (including phenoxy) is 1. The minimum Gasteiger partial charge on any atom is -0.490 e. The predicted molar refractivity (Wildman–Crippen MR) is 85.6 cm³/mol. The molecule has 3 rings (SSSR count). The molecule has 22 heavy (non-hydrogen) atoms. The summed E-state index contributed by atoms with van der Waals surface area (Å²) in [5, 5.41) is 8.24. The summed E-state index contributed by atoms with van der Waals surface area (Å²) in [6.07, 6.45) is 1.70. The van der Waals surface area contributed by atoms with E-state index in [2.05, 4.69) is 16.8 Å². The SMILES string of the molecule is C=CCOc1cccc(-c2nnc(-c3cccc(C)c3)o2)c1. The van der Waals surface area contributed by atoms with Crippen molar-refractivity contribution in [3.8, 4) is 28.7 Å². The molecule has 0 unspecified atom stereocenters. The number of hydrogen-bond acceptors (Lipinski definition) is 4. The maximum atomic E-state index is 5.77. The van der Waals surface area contributed by atoms with Crippen molar-refractivity contribution in [2.45, 2.75) is 6.92 Å². The molecule has 4 nitrogen and oxygen atoms in total. The Balaban J connectivity index is 1.89. The van der Waals surface area contributed by atoms with E-state index in [9.17, 15) is 0 Å². The van der Waals surface area contributed by atoms with Gasteiger partial charge in [-0.05, 0) is 37.3 Å². The number of benzene rings is 2. The van der Waals surface area contributed by atoms with Crippen LogP contribution in [0.25, 0.3) is 22.9 Å². The van der Waals surface area contributed by atoms with E-state index in [4.69, 9.17) is 9.15 Å². The lowest BCUT2D eigenvalue weighted by Crippen LogP contribution is -1.92. The van der Waals surface area contributed by atoms with Gasteiger partial charge >= 0.3 is 0 Å². The van der Waals surface area contributed by atoms with Gasteiger partial charge in [-0.15, -0.1) is 10.2 Å². The fourth-order valence-electron chi connectivity index (χ4n) is 2.11. The quantitative estimate of drug-likeness (QED) is 0.659. The monoisotopic (exact) mass is 292 g/mol. The second kappa shape index (κ2) is 6.26. The normalized spacial score (nSPS) is 10.4. The minimum atomic E-state index is 0.460. The minimum absolute atomic E-state index is 0.460. The summed E-state index contributed by atoms with van der Waals surface area (Å²) in [5.74, 6) is 1.73. The van der Waals surface area contributed by atoms with Crippen molar-refractivity contribution in [1.82, 2.24) is 10.2 Å². The van der Waals surface area contributed by atoms with Gasteiger partial charge < -0.3 is 9.15 Å². The third-order valence-corrected chi connectivity index (χ3v) is 3.14. The Morgan fingerprint density at radius 3 is 2.41 bits per heavy atom. The van der Waals surface area contributed by atoms with Crippen LogP contribution in [0.4, 0.5) is 0 Å². The Morgan fingerprint density at radius 2 is 1.73 bits per heavy atom. The molecule has 2 aromatic carbocycles. The van der Waals surface area contributed by atoms with Crippen molar-refractivity contribution in [3.63, 3.8) is 0 Å². The van der Waals surface area contributed by atoms with Gasteiger partial charge in [0, 0.05) is 11.1 Å². The lowest BCUT2D eigenvalue weighted by Gasteiger charge is -2.03. The maximum Gasteiger partial charge on any atom is 0.248 e. The van der Waals surface area contributed by atoms with E-state index < -0.39 is 0 Å². The van der Waals surface area contributed by atoms with Gasteiger partial charge in [0.25, 0.3) is 0 Å². The fraction of sp³-hybridized carbons (Fsp3) is 0.111. The molecule has 0 amide bonds. The molecular weight excluding hydrogens is 276 g/mol. The van der Waals surface area contributed by atoms with E-state index in [1.165, 1.54) is 0 Å². The molecule has 0 atom stereocenters. The lowest BCUT2D eigenvalue weighted by molar-refractivity contribution is 0.363. The van der Waals surface area contributed by atoms with E-state index in [1.807, 2.05) is 55.5 Å². The summed E-state index contributed by atoms with van der Waals surface area (Å²) in [6, 6.07) is 15.5. The predicted octanol–water partition coefficient (Wildman–Crippen LogP) is 4.28. The van der Waals surface area contributed by atoms with Crippen LogP contribution in [-0.4, -0.2) is 16.8 Å². The van der Waals surface area contributed by atoms with E-state index in [-0.39, 0.29) is 0 Å². The molecule has 0 N–H and O–H groups in total. The van der Waals surface area contributed by atoms with Crippen LogP contribution in [0.5, 0.6) is 5.75 Å². The highest BCUT2D eigenvalue weighted by molar-refractivity contribution is 5.59. The van der Waals surface area contributed by atoms with Crippen molar-refractivity contribution in [1.29, 1.82) is 0 Å². The molecule has 1 heterocycles. The molecule has 0 aliphatic heterocycles. The van der Waals surface area contributed by atoms with E-state index >= 15 is 0 Å². The van der Waals surface area contributed by atoms with Gasteiger partial charge in [-0.1, -0.05) is 36.4 Å². The van der Waals surface area contributed by atoms with Crippen LogP contribution in [0.3, 0.4) is 0 Å². The summed E-state index contributed by atoms with van der Waals surface area (Å²) >= 11 is 0. The van der Waals surface area contributed by atoms with Crippen molar-refractivity contribution >= 4 is 0 Å². The number of aromatic nitrogens is 2. The third kappa shape index (κ3) is 3.06. The van der Waals surface area contributed by atoms with Crippen molar-refractivity contribution < 1.29 is 9.15 Å². The molecule has 1 aromatic heterocycles. The first-order chi connectivity index (χ1) is 10.8. The Bertz CT molecular complexity index is 793. The van der Waals surface area contributed by atoms with Crippen LogP contribution in [-0.2, 0) is 0 Å². The first-order valence-corrected chi connectivity index (χ1v) is 7.01. The van der Waals surface area contributed by atoms with Crippen molar-refractivity contribution in [2.24, 2.45) is 0 Å². The smallest absolute Gasteiger partial charge is 0.248 e. The van der Waals surface area contributed by atoms with Crippen molar-refractivity contribution in [3.05, 3.63) is 66.7 Å². The molecule has 0 aliphatic carbocycles. The molecule has 4 heteroatoms. The molecule has 0 spiro atoms. The van der Waals surface area contributed by atoms with Crippen LogP contribution in [0.1, 0.15) is 5.56 Å². The molecule has 0 radical (unpaired) electrons. The van der Waals surface area contributed by atoms with E-state index in [1.54, 1.807) is 6.08 Å². The molecule has 0 aliphatic rings. The first-order valence-electron chi connectivity index (χ1n) is 7.01. The second-order valence-corrected chi connectivity index (χ2v) is 4.91. The van der Waals surface area contributed by atoms with Gasteiger partial charge in [0.2, 0.25) is 11.8 Å². The van der Waals surface area contributed by atoms with Crippen LogP contribution in [0.2, 0.25) is 0 Å². The van der Waals surface area contributed by atoms with E-state index in [0.717, 1.165) is 22.4 Å². The van der Waals surface area contributed by atoms with Gasteiger partial charge in [-0.25, -0.2) is 0 Å². The largest absolute Gasteiger partial charge is 0.490 e. The highest BCUT2D eigenvalue weighted by Crippen LogP contribution is 2.26. The first kappa shape index (κ1) is 14.1. The molecule has 110 valence electrons. The molecule has 0 saturated heterocycles. The third-order valence-electron chi connectivity index (χ3n) is 3.14. The Kier molecular flexibility index (Phi) is 4.01. The lowest BCUT2D eigenvalue weighted by atomic mass is 10.1. The fourth-order valence-corrected chi connectivity index (χ4v) is 2.11. The standard InChI is InChI=1S/C18H16N2O2/c1-3-10-21-16-9-5-8-15(12-16)18-20-19-17(22-18)14-7-4-6-13(2)11-14/h3-9,11-12H,1,10H2,2H3. The van der Waals surface area contributed by atoms with Crippen LogP contribution >= 0.6 is 0 Å². The van der Waals surface area contributed by atoms with Gasteiger partial charge in [0.15, 0.2) is 0 Å². The van der Waals surface area contributed by atoms with Crippen LogP contribution in [0, 0.1) is 6.92 Å². The van der Waals surface area contributed by atoms with Crippen LogP contribution < -0.4 is 4.74 Å². The molecule has 0 fully saturated rings. The highest BCUT2D eigenvalue weighted by Gasteiger charge is 2.11. The Hall–Kier alpha value is -2.88. The number of nitrogens with zero attached hydrogens (tertiary/aromatic N) is 2. The van der Waals surface area contributed by atoms with Gasteiger partial charge in [-0.2, -0.15) is 0 Å². The molecule has 3 aromatic rings. The number of aryl methyl sites for hydroxylation is 1. The number of rotatable bonds is 5. The molecule has 0 saturated carbocycles. The Labute approximate surface area is 129 Å². The molecular formula is C18H16N2O2. The number of hydrogen-bond donors (Lipinski definition) is 0. The average molecular weight is 292 g/mol. The summed E-state index contributed by atoms with van der Waals surface area (Å²) in [5.41, 5.74) is 2.89. The maximum absolute atomic E-state index is 5.77. The van der Waals surface area contributed by atoms with Gasteiger partial charge in [0.1, 0.15) is 12.4 Å². The second-order valence-electron chi connectivity index (χ2n) is 4.91. The zero-order chi connectivity index (χ0) is 15.4. The Morgan fingerprint density at radius 1 is 1.05 bits per heavy atom. The van der Waals surface area contributed by atoms with E-state index in [0.29, 0.717) is 18.4 Å². The zero-order valence-electron chi connectivity index (χ0n) is 12.3. The van der Waals surface area contributed by atoms with Gasteiger partial charge in [-0.3, -0.25) is 0 Å². The summed E-state index contributed by atoms with van der Waals surface area (Å²) in [7, 11) is 0. The highest BCUT2D eigenvalue weighted by atomic mass is 16.5. The van der Waals surface area contributed by atoms with Crippen LogP contribution in [0.15, 0.2) is 65.6 Å². The average Bonchev–Trinajstić information content (AvgIpc) is 3.03.